The summed E-state index contributed by atoms with van der Waals surface area (Å²) in [5.41, 5.74) is 0.884. The third-order valence-corrected chi connectivity index (χ3v) is 2.91. The first-order valence-corrected chi connectivity index (χ1v) is 6.12. The van der Waals surface area contributed by atoms with Crippen LogP contribution in [-0.2, 0) is 0 Å². The Hall–Kier alpha value is -1.82. The minimum Gasteiger partial charge on any atom is -0.452 e. The second-order valence-corrected chi connectivity index (χ2v) is 4.59. The molecular weight excluding hydrogens is 300 g/mol. The minimum atomic E-state index is -0.420. The molecule has 0 saturated heterocycles. The number of furan rings is 1. The van der Waals surface area contributed by atoms with Crippen molar-refractivity contribution in [3.63, 3.8) is 0 Å². The molecule has 0 aliphatic heterocycles. The number of nitrogens with one attached hydrogen (secondary N) is 1. The molecule has 6 heteroatoms. The predicted octanol–water partition coefficient (Wildman–Crippen LogP) is 4.12. The van der Waals surface area contributed by atoms with E-state index in [1.807, 2.05) is 19.1 Å². The number of anilines is 1. The van der Waals surface area contributed by atoms with Crippen molar-refractivity contribution >= 4 is 27.3 Å². The Labute approximate surface area is 112 Å². The number of hydrogen-bond acceptors (Lipinski definition) is 4. The first-order valence-electron chi connectivity index (χ1n) is 5.32. The van der Waals surface area contributed by atoms with Gasteiger partial charge in [-0.2, -0.15) is 0 Å². The molecule has 1 N–H and O–H groups in total. The fourth-order valence-corrected chi connectivity index (χ4v) is 1.88. The molecular formula is C12H11BrN2O3. The van der Waals surface area contributed by atoms with Gasteiger partial charge >= 0.3 is 0 Å². The molecule has 94 valence electrons. The van der Waals surface area contributed by atoms with Crippen molar-refractivity contribution in [2.45, 2.75) is 13.0 Å². The fourth-order valence-electron chi connectivity index (χ4n) is 1.56. The first kappa shape index (κ1) is 12.6. The van der Waals surface area contributed by atoms with Crippen LogP contribution >= 0.6 is 15.9 Å². The first-order chi connectivity index (χ1) is 8.56. The molecule has 1 heterocycles. The lowest BCUT2D eigenvalue weighted by molar-refractivity contribution is -0.384. The van der Waals surface area contributed by atoms with E-state index in [9.17, 15) is 10.1 Å². The normalized spacial score (nSPS) is 12.1. The van der Waals surface area contributed by atoms with Crippen LogP contribution in [0.25, 0.3) is 0 Å². The van der Waals surface area contributed by atoms with Gasteiger partial charge in [0.25, 0.3) is 5.69 Å². The van der Waals surface area contributed by atoms with Gasteiger partial charge in [0, 0.05) is 17.8 Å². The van der Waals surface area contributed by atoms with Crippen molar-refractivity contribution in [3.05, 3.63) is 56.9 Å². The Bertz CT molecular complexity index is 551. The van der Waals surface area contributed by atoms with Gasteiger partial charge in [0.2, 0.25) is 0 Å². The summed E-state index contributed by atoms with van der Waals surface area (Å²) in [7, 11) is 0. The van der Waals surface area contributed by atoms with Crippen LogP contribution in [0.4, 0.5) is 11.4 Å². The van der Waals surface area contributed by atoms with Gasteiger partial charge in [0.05, 0.1) is 11.0 Å². The van der Waals surface area contributed by atoms with Gasteiger partial charge in [-0.25, -0.2) is 0 Å². The fraction of sp³-hybridized carbons (Fsp3) is 0.167. The van der Waals surface area contributed by atoms with Crippen LogP contribution in [0, 0.1) is 10.1 Å². The minimum absolute atomic E-state index is 0.0160. The molecule has 0 amide bonds. The predicted molar refractivity (Wildman–Crippen MR) is 71.5 cm³/mol. The highest BCUT2D eigenvalue weighted by molar-refractivity contribution is 9.10. The zero-order chi connectivity index (χ0) is 13.1. The molecule has 0 bridgehead atoms. The quantitative estimate of drug-likeness (QED) is 0.681. The molecule has 0 aliphatic rings. The highest BCUT2D eigenvalue weighted by Gasteiger charge is 2.10. The van der Waals surface area contributed by atoms with E-state index in [-0.39, 0.29) is 11.7 Å². The van der Waals surface area contributed by atoms with Crippen LogP contribution in [0.5, 0.6) is 0 Å². The summed E-state index contributed by atoms with van der Waals surface area (Å²) in [5, 5.41) is 13.7. The molecule has 0 aliphatic carbocycles. The van der Waals surface area contributed by atoms with E-state index in [2.05, 4.69) is 21.2 Å². The Morgan fingerprint density at radius 2 is 1.94 bits per heavy atom. The summed E-state index contributed by atoms with van der Waals surface area (Å²) in [6.45, 7) is 1.95. The van der Waals surface area contributed by atoms with Crippen molar-refractivity contribution < 1.29 is 9.34 Å². The standard InChI is InChI=1S/C12H11BrN2O3/c1-8(11-6-7-12(13)18-11)14-9-2-4-10(5-3-9)15(16)17/h2-8,14H,1H3. The van der Waals surface area contributed by atoms with E-state index < -0.39 is 4.92 Å². The number of nitrogens with zero attached hydrogens (tertiary/aromatic N) is 1. The average Bonchev–Trinajstić information content (AvgIpc) is 2.76. The molecule has 18 heavy (non-hydrogen) atoms. The van der Waals surface area contributed by atoms with Gasteiger partial charge in [0.1, 0.15) is 5.76 Å². The van der Waals surface area contributed by atoms with Gasteiger partial charge in [-0.3, -0.25) is 10.1 Å². The summed E-state index contributed by atoms with van der Waals surface area (Å²) >= 11 is 3.24. The third-order valence-electron chi connectivity index (χ3n) is 2.48. The summed E-state index contributed by atoms with van der Waals surface area (Å²) in [6, 6.07) is 9.95. The average molecular weight is 311 g/mol. The van der Waals surface area contributed by atoms with Gasteiger partial charge < -0.3 is 9.73 Å². The molecule has 2 rings (SSSR count). The van der Waals surface area contributed by atoms with E-state index in [0.29, 0.717) is 4.67 Å². The molecule has 0 radical (unpaired) electrons. The molecule has 1 unspecified atom stereocenters. The van der Waals surface area contributed by atoms with Crippen LogP contribution < -0.4 is 5.32 Å². The van der Waals surface area contributed by atoms with Gasteiger partial charge in [-0.15, -0.1) is 0 Å². The van der Waals surface area contributed by atoms with Crippen molar-refractivity contribution in [2.24, 2.45) is 0 Å². The van der Waals surface area contributed by atoms with Crippen molar-refractivity contribution in [2.75, 3.05) is 5.32 Å². The number of rotatable bonds is 4. The van der Waals surface area contributed by atoms with Crippen LogP contribution in [0.3, 0.4) is 0 Å². The molecule has 5 nitrogen and oxygen atoms in total. The summed E-state index contributed by atoms with van der Waals surface area (Å²) in [4.78, 5) is 10.1. The summed E-state index contributed by atoms with van der Waals surface area (Å²) in [5.74, 6) is 0.792. The van der Waals surface area contributed by atoms with E-state index in [1.165, 1.54) is 12.1 Å². The lowest BCUT2D eigenvalue weighted by atomic mass is 10.2. The maximum absolute atomic E-state index is 10.5. The second-order valence-electron chi connectivity index (χ2n) is 3.81. The number of non-ortho nitro benzene ring substituents is 1. The Morgan fingerprint density at radius 1 is 1.28 bits per heavy atom. The van der Waals surface area contributed by atoms with Crippen LogP contribution in [-0.4, -0.2) is 4.92 Å². The highest BCUT2D eigenvalue weighted by Crippen LogP contribution is 2.24. The highest BCUT2D eigenvalue weighted by atomic mass is 79.9. The van der Waals surface area contributed by atoms with E-state index in [0.717, 1.165) is 11.4 Å². The van der Waals surface area contributed by atoms with Gasteiger partial charge in [0.15, 0.2) is 4.67 Å². The molecule has 0 spiro atoms. The third kappa shape index (κ3) is 2.89. The maximum atomic E-state index is 10.5. The Balaban J connectivity index is 2.07. The van der Waals surface area contributed by atoms with E-state index in [1.54, 1.807) is 12.1 Å². The number of halogens is 1. The zero-order valence-corrected chi connectivity index (χ0v) is 11.2. The van der Waals surface area contributed by atoms with Crippen molar-refractivity contribution in [1.29, 1.82) is 0 Å². The lowest BCUT2D eigenvalue weighted by Crippen LogP contribution is -2.05. The Morgan fingerprint density at radius 3 is 2.44 bits per heavy atom. The number of nitro groups is 1. The van der Waals surface area contributed by atoms with E-state index in [4.69, 9.17) is 4.42 Å². The van der Waals surface area contributed by atoms with E-state index >= 15 is 0 Å². The van der Waals surface area contributed by atoms with Crippen LogP contribution in [0.2, 0.25) is 0 Å². The Kier molecular flexibility index (Phi) is 3.66. The maximum Gasteiger partial charge on any atom is 0.269 e. The topological polar surface area (TPSA) is 68.3 Å². The van der Waals surface area contributed by atoms with Crippen molar-refractivity contribution in [1.82, 2.24) is 0 Å². The second kappa shape index (κ2) is 5.22. The number of hydrogen-bond donors (Lipinski definition) is 1. The molecule has 1 atom stereocenters. The summed E-state index contributed by atoms with van der Waals surface area (Å²) in [6.07, 6.45) is 0. The molecule has 0 fully saturated rings. The van der Waals surface area contributed by atoms with Crippen molar-refractivity contribution in [3.8, 4) is 0 Å². The summed E-state index contributed by atoms with van der Waals surface area (Å²) < 4.78 is 6.10. The van der Waals surface area contributed by atoms with Gasteiger partial charge in [-0.05, 0) is 47.1 Å². The van der Waals surface area contributed by atoms with Gasteiger partial charge in [-0.1, -0.05) is 0 Å². The number of nitro benzene ring substituents is 1. The molecule has 0 saturated carbocycles. The molecule has 2 aromatic rings. The monoisotopic (exact) mass is 310 g/mol. The smallest absolute Gasteiger partial charge is 0.269 e. The van der Waals surface area contributed by atoms with Crippen LogP contribution in [0.15, 0.2) is 45.5 Å². The molecule has 1 aromatic heterocycles. The zero-order valence-electron chi connectivity index (χ0n) is 9.59. The SMILES string of the molecule is CC(Nc1ccc([N+](=O)[O-])cc1)c1ccc(Br)o1. The largest absolute Gasteiger partial charge is 0.452 e. The molecule has 1 aromatic carbocycles. The lowest BCUT2D eigenvalue weighted by Gasteiger charge is -2.12. The van der Waals surface area contributed by atoms with Crippen LogP contribution in [0.1, 0.15) is 18.7 Å². The number of benzene rings is 1.